The Hall–Kier alpha value is -2.95. The number of nitrogens with zero attached hydrogens (tertiary/aromatic N) is 6. The van der Waals surface area contributed by atoms with E-state index in [1.54, 1.807) is 17.1 Å². The molecule has 1 saturated carbocycles. The lowest BCUT2D eigenvalue weighted by molar-refractivity contribution is 0.126. The molecule has 0 atom stereocenters. The number of thiazole rings is 2. The highest BCUT2D eigenvalue weighted by Gasteiger charge is 2.42. The molecule has 6 rings (SSSR count). The van der Waals surface area contributed by atoms with E-state index in [0.29, 0.717) is 21.5 Å². The molecule has 156 valence electrons. The van der Waals surface area contributed by atoms with Crippen molar-refractivity contribution >= 4 is 33.7 Å². The van der Waals surface area contributed by atoms with Crippen molar-refractivity contribution in [1.29, 1.82) is 0 Å². The van der Waals surface area contributed by atoms with Gasteiger partial charge in [0.15, 0.2) is 5.60 Å². The van der Waals surface area contributed by atoms with E-state index in [2.05, 4.69) is 31.3 Å². The van der Waals surface area contributed by atoms with Crippen LogP contribution in [0.1, 0.15) is 45.9 Å². The largest absolute Gasteiger partial charge is 0.372 e. The molecule has 0 unspecified atom stereocenters. The van der Waals surface area contributed by atoms with Crippen molar-refractivity contribution in [3.05, 3.63) is 62.4 Å². The first-order valence-corrected chi connectivity index (χ1v) is 11.7. The van der Waals surface area contributed by atoms with E-state index in [1.165, 1.54) is 22.7 Å². The monoisotopic (exact) mass is 449 g/mol. The highest BCUT2D eigenvalue weighted by atomic mass is 32.1. The third-order valence-electron chi connectivity index (χ3n) is 5.71. The van der Waals surface area contributed by atoms with Gasteiger partial charge < -0.3 is 10.1 Å². The van der Waals surface area contributed by atoms with Gasteiger partial charge in [0.25, 0.3) is 0 Å². The number of benzene rings is 1. The molecule has 0 radical (unpaired) electrons. The van der Waals surface area contributed by atoms with Crippen molar-refractivity contribution in [3.8, 4) is 11.3 Å². The van der Waals surface area contributed by atoms with Crippen LogP contribution in [0, 0.1) is 6.92 Å². The van der Waals surface area contributed by atoms with Gasteiger partial charge in [0.1, 0.15) is 15.8 Å². The lowest BCUT2D eigenvalue weighted by Gasteiger charge is -2.25. The quantitative estimate of drug-likeness (QED) is 0.423. The second-order valence-electron chi connectivity index (χ2n) is 7.85. The molecule has 31 heavy (non-hydrogen) atoms. The van der Waals surface area contributed by atoms with Crippen molar-refractivity contribution < 1.29 is 5.11 Å². The Morgan fingerprint density at radius 1 is 1.13 bits per heavy atom. The molecular formula is C21H19N7OS2. The Morgan fingerprint density at radius 3 is 2.39 bits per heavy atom. The van der Waals surface area contributed by atoms with E-state index < -0.39 is 5.60 Å². The van der Waals surface area contributed by atoms with Crippen molar-refractivity contribution in [1.82, 2.24) is 34.9 Å². The number of aromatic amines is 1. The molecule has 0 bridgehead atoms. The number of nitrogens with one attached hydrogen (secondary N) is 1. The average molecular weight is 450 g/mol. The third-order valence-corrected chi connectivity index (χ3v) is 7.47. The molecule has 8 nitrogen and oxygen atoms in total. The lowest BCUT2D eigenvalue weighted by atomic mass is 9.91. The van der Waals surface area contributed by atoms with Crippen molar-refractivity contribution in [3.63, 3.8) is 0 Å². The minimum Gasteiger partial charge on any atom is -0.372 e. The molecule has 1 aliphatic carbocycles. The van der Waals surface area contributed by atoms with E-state index in [4.69, 9.17) is 4.98 Å². The van der Waals surface area contributed by atoms with Gasteiger partial charge in [-0.2, -0.15) is 0 Å². The highest BCUT2D eigenvalue weighted by Crippen LogP contribution is 2.45. The lowest BCUT2D eigenvalue weighted by Crippen LogP contribution is -2.29. The van der Waals surface area contributed by atoms with Crippen LogP contribution in [0.25, 0.3) is 22.3 Å². The Morgan fingerprint density at radius 2 is 1.84 bits per heavy atom. The van der Waals surface area contributed by atoms with Crippen LogP contribution in [-0.2, 0) is 12.6 Å². The van der Waals surface area contributed by atoms with Gasteiger partial charge in [-0.05, 0) is 31.9 Å². The molecule has 0 saturated heterocycles. The fourth-order valence-electron chi connectivity index (χ4n) is 4.08. The summed E-state index contributed by atoms with van der Waals surface area (Å²) >= 11 is 2.81. The number of aliphatic hydroxyl groups is 1. The SMILES string of the molecule is Cc1nnn(C)c1-c1cc(C(O)(c2nccs2)c2nccs2)c2nc(C3CC3)[nH]c2c1. The van der Waals surface area contributed by atoms with E-state index in [1.807, 2.05) is 30.8 Å². The predicted octanol–water partition coefficient (Wildman–Crippen LogP) is 3.74. The summed E-state index contributed by atoms with van der Waals surface area (Å²) < 4.78 is 1.75. The van der Waals surface area contributed by atoms with Crippen LogP contribution in [-0.4, -0.2) is 40.0 Å². The van der Waals surface area contributed by atoms with Crippen molar-refractivity contribution in [2.45, 2.75) is 31.3 Å². The number of hydrogen-bond acceptors (Lipinski definition) is 8. The Kier molecular flexibility index (Phi) is 4.11. The summed E-state index contributed by atoms with van der Waals surface area (Å²) in [4.78, 5) is 17.4. The number of fused-ring (bicyclic) bond motifs is 1. The summed E-state index contributed by atoms with van der Waals surface area (Å²) in [5.41, 5.74) is 3.40. The predicted molar refractivity (Wildman–Crippen MR) is 119 cm³/mol. The summed E-state index contributed by atoms with van der Waals surface area (Å²) in [5.74, 6) is 1.42. The van der Waals surface area contributed by atoms with Crippen LogP contribution in [0.5, 0.6) is 0 Å². The first-order chi connectivity index (χ1) is 15.1. The molecule has 0 aliphatic heterocycles. The highest BCUT2D eigenvalue weighted by molar-refractivity contribution is 7.11. The molecule has 4 aromatic heterocycles. The summed E-state index contributed by atoms with van der Waals surface area (Å²) in [6.45, 7) is 1.93. The standard InChI is InChI=1S/C21H19N7OS2/c1-11-17(28(2)27-26-11)13-9-14(16-15(10-13)24-18(25-16)12-3-4-12)21(29,19-22-5-7-30-19)20-23-6-8-31-20/h5-10,12,29H,3-4H2,1-2H3,(H,24,25). The third kappa shape index (κ3) is 2.86. The van der Waals surface area contributed by atoms with Crippen molar-refractivity contribution in [2.75, 3.05) is 0 Å². The smallest absolute Gasteiger partial charge is 0.195 e. The second kappa shape index (κ2) is 6.78. The normalized spacial score (nSPS) is 14.5. The minimum absolute atomic E-state index is 0.455. The van der Waals surface area contributed by atoms with Gasteiger partial charge >= 0.3 is 0 Å². The maximum absolute atomic E-state index is 12.2. The van der Waals surface area contributed by atoms with Crippen LogP contribution in [0.15, 0.2) is 35.3 Å². The number of aromatic nitrogens is 7. The van der Waals surface area contributed by atoms with Gasteiger partial charge in [-0.3, -0.25) is 0 Å². The van der Waals surface area contributed by atoms with Gasteiger partial charge in [-0.25, -0.2) is 19.6 Å². The Balaban J connectivity index is 1.69. The van der Waals surface area contributed by atoms with Crippen LogP contribution >= 0.6 is 22.7 Å². The molecule has 1 aromatic carbocycles. The first kappa shape index (κ1) is 18.8. The maximum atomic E-state index is 12.2. The molecular weight excluding hydrogens is 430 g/mol. The zero-order chi connectivity index (χ0) is 21.2. The molecule has 4 heterocycles. The van der Waals surface area contributed by atoms with Gasteiger partial charge in [0, 0.05) is 47.2 Å². The minimum atomic E-state index is -1.51. The number of hydrogen-bond donors (Lipinski definition) is 2. The number of rotatable bonds is 5. The van der Waals surface area contributed by atoms with Crippen LogP contribution < -0.4 is 0 Å². The summed E-state index contributed by atoms with van der Waals surface area (Å²) in [7, 11) is 1.87. The van der Waals surface area contributed by atoms with E-state index >= 15 is 0 Å². The Bertz CT molecular complexity index is 1330. The van der Waals surface area contributed by atoms with E-state index in [9.17, 15) is 5.11 Å². The zero-order valence-electron chi connectivity index (χ0n) is 16.9. The van der Waals surface area contributed by atoms with Crippen LogP contribution in [0.3, 0.4) is 0 Å². The molecule has 2 N–H and O–H groups in total. The summed E-state index contributed by atoms with van der Waals surface area (Å²) in [6, 6.07) is 4.04. The molecule has 5 aromatic rings. The molecule has 1 fully saturated rings. The second-order valence-corrected chi connectivity index (χ2v) is 9.64. The van der Waals surface area contributed by atoms with Crippen LogP contribution in [0.4, 0.5) is 0 Å². The number of H-pyrrole nitrogens is 1. The van der Waals surface area contributed by atoms with E-state index in [0.717, 1.165) is 46.7 Å². The van der Waals surface area contributed by atoms with Gasteiger partial charge in [0.2, 0.25) is 0 Å². The maximum Gasteiger partial charge on any atom is 0.195 e. The topological polar surface area (TPSA) is 105 Å². The fourth-order valence-corrected chi connectivity index (χ4v) is 5.65. The fraction of sp³-hybridized carbons (Fsp3) is 0.286. The first-order valence-electron chi connectivity index (χ1n) is 9.99. The average Bonchev–Trinajstić information content (AvgIpc) is 3.24. The molecule has 0 spiro atoms. The number of imidazole rings is 1. The summed E-state index contributed by atoms with van der Waals surface area (Å²) in [5, 5.41) is 25.5. The van der Waals surface area contributed by atoms with E-state index in [-0.39, 0.29) is 0 Å². The number of aryl methyl sites for hydroxylation is 2. The van der Waals surface area contributed by atoms with Gasteiger partial charge in [0.05, 0.1) is 22.4 Å². The molecule has 10 heteroatoms. The van der Waals surface area contributed by atoms with Gasteiger partial charge in [-0.1, -0.05) is 5.21 Å². The zero-order valence-corrected chi connectivity index (χ0v) is 18.5. The summed E-state index contributed by atoms with van der Waals surface area (Å²) in [6.07, 6.45) is 5.68. The molecule has 1 aliphatic rings. The Labute approximate surface area is 185 Å². The van der Waals surface area contributed by atoms with Crippen molar-refractivity contribution in [2.24, 2.45) is 7.05 Å². The van der Waals surface area contributed by atoms with Crippen LogP contribution in [0.2, 0.25) is 0 Å². The molecule has 0 amide bonds. The van der Waals surface area contributed by atoms with Gasteiger partial charge in [-0.15, -0.1) is 27.8 Å².